The highest BCUT2D eigenvalue weighted by Gasteiger charge is 2.21. The normalized spacial score (nSPS) is 14.8. The van der Waals surface area contributed by atoms with Gasteiger partial charge in [0.05, 0.1) is 0 Å². The van der Waals surface area contributed by atoms with Gasteiger partial charge in [0.15, 0.2) is 5.65 Å². The summed E-state index contributed by atoms with van der Waals surface area (Å²) in [5, 5.41) is 18.8. The van der Waals surface area contributed by atoms with Gasteiger partial charge in [-0.1, -0.05) is 6.92 Å². The lowest BCUT2D eigenvalue weighted by Gasteiger charge is -2.29. The molecule has 2 aromatic heterocycles. The number of halogens is 1. The Balaban J connectivity index is 2.21. The first-order valence-electron chi connectivity index (χ1n) is 5.56. The van der Waals surface area contributed by atoms with Crippen LogP contribution in [-0.4, -0.2) is 36.7 Å². The van der Waals surface area contributed by atoms with Crippen molar-refractivity contribution < 1.29 is 0 Å². The number of nitrogens with zero attached hydrogens (tertiary/aromatic N) is 5. The monoisotopic (exact) mass is 254 g/mol. The molecule has 0 aliphatic carbocycles. The van der Waals surface area contributed by atoms with Gasteiger partial charge in [-0.15, -0.1) is 26.4 Å². The number of fused-ring (bicyclic) bond motifs is 1. The smallest absolute Gasteiger partial charge is 0.200 e. The molecule has 0 saturated carbocycles. The van der Waals surface area contributed by atoms with E-state index in [0.717, 1.165) is 18.7 Å². The topological polar surface area (TPSA) is 68.0 Å². The number of tetrazole rings is 1. The number of rotatable bonds is 5. The van der Waals surface area contributed by atoms with E-state index in [-0.39, 0.29) is 5.54 Å². The second-order valence-electron chi connectivity index (χ2n) is 4.22. The van der Waals surface area contributed by atoms with E-state index in [1.54, 1.807) is 0 Å². The highest BCUT2D eigenvalue weighted by Crippen LogP contribution is 2.21. The quantitative estimate of drug-likeness (QED) is 0.823. The Bertz CT molecular complexity index is 498. The van der Waals surface area contributed by atoms with Gasteiger partial charge in [0.25, 0.3) is 0 Å². The average molecular weight is 255 g/mol. The third-order valence-corrected chi connectivity index (χ3v) is 3.11. The molecule has 17 heavy (non-hydrogen) atoms. The number of anilines is 1. The van der Waals surface area contributed by atoms with Crippen molar-refractivity contribution in [3.63, 3.8) is 0 Å². The maximum atomic E-state index is 5.81. The SMILES string of the molecule is CCC(C)(CCCl)Nc1ccc2nnnn2n1. The molecule has 0 amide bonds. The average Bonchev–Trinajstić information content (AvgIpc) is 2.76. The van der Waals surface area contributed by atoms with Crippen molar-refractivity contribution in [2.24, 2.45) is 0 Å². The molecule has 2 rings (SSSR count). The molecule has 0 bridgehead atoms. The summed E-state index contributed by atoms with van der Waals surface area (Å²) in [7, 11) is 0. The summed E-state index contributed by atoms with van der Waals surface area (Å²) >= 11 is 5.81. The summed E-state index contributed by atoms with van der Waals surface area (Å²) in [6, 6.07) is 3.69. The molecule has 0 radical (unpaired) electrons. The number of aromatic nitrogens is 5. The minimum Gasteiger partial charge on any atom is -0.363 e. The lowest BCUT2D eigenvalue weighted by Crippen LogP contribution is -2.35. The van der Waals surface area contributed by atoms with E-state index in [0.29, 0.717) is 11.5 Å². The highest BCUT2D eigenvalue weighted by atomic mass is 35.5. The number of nitrogens with one attached hydrogen (secondary N) is 1. The van der Waals surface area contributed by atoms with Crippen molar-refractivity contribution in [1.82, 2.24) is 25.3 Å². The second-order valence-corrected chi connectivity index (χ2v) is 4.60. The van der Waals surface area contributed by atoms with Gasteiger partial charge in [0.2, 0.25) is 0 Å². The Labute approximate surface area is 104 Å². The summed E-state index contributed by atoms with van der Waals surface area (Å²) in [6.07, 6.45) is 1.84. The lowest BCUT2D eigenvalue weighted by atomic mass is 9.95. The molecular weight excluding hydrogens is 240 g/mol. The standard InChI is InChI=1S/C10H15ClN6/c1-3-10(2,6-7-11)12-8-4-5-9-13-15-16-17(9)14-8/h4-5H,3,6-7H2,1-2H3,(H,12,14). The van der Waals surface area contributed by atoms with Crippen LogP contribution in [0.2, 0.25) is 0 Å². The van der Waals surface area contributed by atoms with Gasteiger partial charge in [-0.2, -0.15) is 0 Å². The fourth-order valence-electron chi connectivity index (χ4n) is 1.56. The Morgan fingerprint density at radius 2 is 2.29 bits per heavy atom. The minimum atomic E-state index is -0.0591. The van der Waals surface area contributed by atoms with E-state index in [4.69, 9.17) is 11.6 Å². The molecule has 92 valence electrons. The summed E-state index contributed by atoms with van der Waals surface area (Å²) in [5.74, 6) is 1.36. The van der Waals surface area contributed by atoms with Crippen LogP contribution in [0.15, 0.2) is 12.1 Å². The summed E-state index contributed by atoms with van der Waals surface area (Å²) in [6.45, 7) is 4.25. The maximum Gasteiger partial charge on any atom is 0.200 e. The third-order valence-electron chi connectivity index (χ3n) is 2.93. The summed E-state index contributed by atoms with van der Waals surface area (Å²) in [5.41, 5.74) is 0.572. The Morgan fingerprint density at radius 3 is 3.00 bits per heavy atom. The predicted molar refractivity (Wildman–Crippen MR) is 66.2 cm³/mol. The number of hydrogen-bond acceptors (Lipinski definition) is 5. The van der Waals surface area contributed by atoms with Crippen LogP contribution in [-0.2, 0) is 0 Å². The van der Waals surface area contributed by atoms with Crippen LogP contribution in [0.3, 0.4) is 0 Å². The molecule has 0 fully saturated rings. The van der Waals surface area contributed by atoms with Crippen LogP contribution in [0.5, 0.6) is 0 Å². The van der Waals surface area contributed by atoms with E-state index >= 15 is 0 Å². The molecule has 2 heterocycles. The molecule has 1 N–H and O–H groups in total. The second kappa shape index (κ2) is 4.83. The van der Waals surface area contributed by atoms with Crippen molar-refractivity contribution in [3.8, 4) is 0 Å². The van der Waals surface area contributed by atoms with E-state index in [1.807, 2.05) is 12.1 Å². The third kappa shape index (κ3) is 2.63. The van der Waals surface area contributed by atoms with Crippen LogP contribution in [0.1, 0.15) is 26.7 Å². The van der Waals surface area contributed by atoms with E-state index < -0.39 is 0 Å². The van der Waals surface area contributed by atoms with Crippen molar-refractivity contribution in [3.05, 3.63) is 12.1 Å². The first kappa shape index (κ1) is 12.0. The Kier molecular flexibility index (Phi) is 3.42. The van der Waals surface area contributed by atoms with E-state index in [9.17, 15) is 0 Å². The minimum absolute atomic E-state index is 0.0591. The van der Waals surface area contributed by atoms with Crippen LogP contribution >= 0.6 is 11.6 Å². The van der Waals surface area contributed by atoms with Gasteiger partial charge < -0.3 is 5.32 Å². The molecule has 0 saturated heterocycles. The molecule has 0 aliphatic heterocycles. The molecule has 0 aromatic carbocycles. The van der Waals surface area contributed by atoms with Crippen LogP contribution in [0.25, 0.3) is 5.65 Å². The zero-order valence-corrected chi connectivity index (χ0v) is 10.6. The van der Waals surface area contributed by atoms with Crippen molar-refractivity contribution in [1.29, 1.82) is 0 Å². The number of alkyl halides is 1. The first-order chi connectivity index (χ1) is 8.17. The van der Waals surface area contributed by atoms with E-state index in [2.05, 4.69) is 39.8 Å². The fourth-order valence-corrected chi connectivity index (χ4v) is 1.98. The summed E-state index contributed by atoms with van der Waals surface area (Å²) < 4.78 is 1.40. The summed E-state index contributed by atoms with van der Waals surface area (Å²) in [4.78, 5) is 0. The molecular formula is C10H15ClN6. The van der Waals surface area contributed by atoms with Gasteiger partial charge in [-0.25, -0.2) is 0 Å². The van der Waals surface area contributed by atoms with Crippen LogP contribution < -0.4 is 5.32 Å². The predicted octanol–water partition coefficient (Wildman–Crippen LogP) is 1.73. The fraction of sp³-hybridized carbons (Fsp3) is 0.600. The van der Waals surface area contributed by atoms with Gasteiger partial charge >= 0.3 is 0 Å². The largest absolute Gasteiger partial charge is 0.363 e. The molecule has 0 aliphatic rings. The van der Waals surface area contributed by atoms with Crippen LogP contribution in [0, 0.1) is 0 Å². The number of hydrogen-bond donors (Lipinski definition) is 1. The van der Waals surface area contributed by atoms with Gasteiger partial charge in [-0.05, 0) is 42.3 Å². The van der Waals surface area contributed by atoms with Crippen LogP contribution in [0.4, 0.5) is 5.82 Å². The maximum absolute atomic E-state index is 5.81. The molecule has 6 nitrogen and oxygen atoms in total. The molecule has 0 spiro atoms. The zero-order chi connectivity index (χ0) is 12.3. The lowest BCUT2D eigenvalue weighted by molar-refractivity contribution is 0.477. The van der Waals surface area contributed by atoms with Gasteiger partial charge in [0.1, 0.15) is 5.82 Å². The van der Waals surface area contributed by atoms with Gasteiger partial charge in [-0.3, -0.25) is 0 Å². The van der Waals surface area contributed by atoms with Crippen molar-refractivity contribution in [2.45, 2.75) is 32.2 Å². The first-order valence-corrected chi connectivity index (χ1v) is 6.10. The molecule has 2 aromatic rings. The Morgan fingerprint density at radius 1 is 1.47 bits per heavy atom. The molecule has 1 atom stereocenters. The Hall–Kier alpha value is -1.43. The van der Waals surface area contributed by atoms with Gasteiger partial charge in [0, 0.05) is 11.4 Å². The molecule has 1 unspecified atom stereocenters. The van der Waals surface area contributed by atoms with Crippen molar-refractivity contribution >= 4 is 23.1 Å². The van der Waals surface area contributed by atoms with E-state index in [1.165, 1.54) is 4.63 Å². The highest BCUT2D eigenvalue weighted by molar-refractivity contribution is 6.17. The molecule has 7 heteroatoms. The van der Waals surface area contributed by atoms with Crippen molar-refractivity contribution in [2.75, 3.05) is 11.2 Å². The zero-order valence-electron chi connectivity index (χ0n) is 9.89.